The Morgan fingerprint density at radius 1 is 1.25 bits per heavy atom. The van der Waals surface area contributed by atoms with Gasteiger partial charge < -0.3 is 9.67 Å². The third-order valence-corrected chi connectivity index (χ3v) is 3.56. The van der Waals surface area contributed by atoms with E-state index in [1.807, 2.05) is 24.3 Å². The number of para-hydroxylation sites is 1. The van der Waals surface area contributed by atoms with Crippen molar-refractivity contribution in [2.45, 2.75) is 27.3 Å². The average molecular weight is 326 g/mol. The Labute approximate surface area is 137 Å². The molecule has 0 bridgehead atoms. The van der Waals surface area contributed by atoms with Gasteiger partial charge in [0.2, 0.25) is 5.88 Å². The van der Waals surface area contributed by atoms with Crippen molar-refractivity contribution in [3.05, 3.63) is 40.3 Å². The first kappa shape index (κ1) is 15.9. The molecule has 0 atom stereocenters. The van der Waals surface area contributed by atoms with E-state index in [-0.39, 0.29) is 23.1 Å². The monoisotopic (exact) mass is 326 g/mol. The molecule has 2 aromatic heterocycles. The van der Waals surface area contributed by atoms with Crippen LogP contribution >= 0.6 is 0 Å². The Kier molecular flexibility index (Phi) is 4.11. The fourth-order valence-corrected chi connectivity index (χ4v) is 2.45. The molecule has 0 unspecified atom stereocenters. The smallest absolute Gasteiger partial charge is 0.274 e. The van der Waals surface area contributed by atoms with Crippen molar-refractivity contribution in [1.29, 1.82) is 0 Å². The molecule has 3 rings (SSSR count). The van der Waals surface area contributed by atoms with E-state index >= 15 is 0 Å². The highest BCUT2D eigenvalue weighted by Gasteiger charge is 2.17. The highest BCUT2D eigenvalue weighted by molar-refractivity contribution is 5.94. The molecule has 0 aliphatic carbocycles. The number of H-pyrrole nitrogens is 1. The molecule has 2 heterocycles. The Hall–Kier alpha value is -3.03. The van der Waals surface area contributed by atoms with Gasteiger partial charge >= 0.3 is 0 Å². The second kappa shape index (κ2) is 6.23. The van der Waals surface area contributed by atoms with Gasteiger partial charge in [-0.1, -0.05) is 32.0 Å². The highest BCUT2D eigenvalue weighted by Crippen LogP contribution is 2.39. The Bertz CT molecular complexity index is 970. The van der Waals surface area contributed by atoms with Gasteiger partial charge in [0.15, 0.2) is 5.69 Å². The average Bonchev–Trinajstić information content (AvgIpc) is 2.81. The molecule has 0 saturated carbocycles. The maximum Gasteiger partial charge on any atom is 0.274 e. The van der Waals surface area contributed by atoms with Crippen LogP contribution in [0.25, 0.3) is 10.9 Å². The lowest BCUT2D eigenvalue weighted by Gasteiger charge is -2.09. The Morgan fingerprint density at radius 2 is 2.00 bits per heavy atom. The molecule has 0 spiro atoms. The molecule has 1 aromatic carbocycles. The first-order chi connectivity index (χ1) is 11.5. The number of nitrogens with one attached hydrogen (secondary N) is 1. The van der Waals surface area contributed by atoms with Gasteiger partial charge in [-0.3, -0.25) is 9.78 Å². The second-order valence-electron chi connectivity index (χ2n) is 5.96. The van der Waals surface area contributed by atoms with Gasteiger partial charge in [0.05, 0.1) is 5.52 Å². The Balaban J connectivity index is 2.08. The summed E-state index contributed by atoms with van der Waals surface area (Å²) in [4.78, 5) is 14.0. The fraction of sp³-hybridized carbons (Fsp3) is 0.312. The molecule has 8 heteroatoms. The van der Waals surface area contributed by atoms with Gasteiger partial charge in [-0.25, -0.2) is 0 Å². The summed E-state index contributed by atoms with van der Waals surface area (Å²) >= 11 is 0. The minimum Gasteiger partial charge on any atom is -0.493 e. The van der Waals surface area contributed by atoms with Gasteiger partial charge in [0.1, 0.15) is 5.69 Å². The summed E-state index contributed by atoms with van der Waals surface area (Å²) in [5, 5.41) is 26.8. The van der Waals surface area contributed by atoms with E-state index in [9.17, 15) is 9.90 Å². The van der Waals surface area contributed by atoms with E-state index in [0.717, 1.165) is 10.9 Å². The first-order valence-electron chi connectivity index (χ1n) is 7.63. The number of hydrogen-bond donors (Lipinski definition) is 2. The third kappa shape index (κ3) is 2.90. The lowest BCUT2D eigenvalue weighted by atomic mass is 10.2. The quantitative estimate of drug-likeness (QED) is 0.717. The third-order valence-electron chi connectivity index (χ3n) is 3.56. The van der Waals surface area contributed by atoms with Gasteiger partial charge in [0, 0.05) is 11.9 Å². The normalized spacial score (nSPS) is 11.8. The molecule has 0 amide bonds. The molecular formula is C16H18N6O2. The summed E-state index contributed by atoms with van der Waals surface area (Å²) in [7, 11) is 0. The first-order valence-corrected chi connectivity index (χ1v) is 7.63. The molecule has 0 aliphatic heterocycles. The van der Waals surface area contributed by atoms with Crippen LogP contribution in [-0.4, -0.2) is 24.9 Å². The zero-order chi connectivity index (χ0) is 17.3. The summed E-state index contributed by atoms with van der Waals surface area (Å²) in [6.45, 7) is 6.35. The topological polar surface area (TPSA) is 109 Å². The number of fused-ring (bicyclic) bond motifs is 1. The summed E-state index contributed by atoms with van der Waals surface area (Å²) in [5.41, 5.74) is 1.10. The standard InChI is InChI=1S/C16H18N6O2/c1-9(2)8-22-12-7-5-4-6-11(12)13(15(22)24)19-21-16-17-14(23)10(3)18-20-16/h4-7,9,24H,8H2,1-3H3,(H,17,20,23). The van der Waals surface area contributed by atoms with Gasteiger partial charge in [-0.05, 0) is 18.9 Å². The molecule has 8 nitrogen and oxygen atoms in total. The van der Waals surface area contributed by atoms with Crippen LogP contribution in [0.15, 0.2) is 39.3 Å². The number of hydrogen-bond acceptors (Lipinski definition) is 6. The van der Waals surface area contributed by atoms with E-state index in [0.29, 0.717) is 18.2 Å². The summed E-state index contributed by atoms with van der Waals surface area (Å²) in [6.07, 6.45) is 0. The number of aromatic amines is 1. The minimum atomic E-state index is -0.370. The zero-order valence-corrected chi connectivity index (χ0v) is 13.7. The lowest BCUT2D eigenvalue weighted by molar-refractivity contribution is 0.401. The van der Waals surface area contributed by atoms with Crippen LogP contribution in [0.4, 0.5) is 11.6 Å². The van der Waals surface area contributed by atoms with Crippen LogP contribution < -0.4 is 5.56 Å². The zero-order valence-electron chi connectivity index (χ0n) is 13.7. The molecule has 0 fully saturated rings. The van der Waals surface area contributed by atoms with E-state index in [1.54, 1.807) is 11.5 Å². The van der Waals surface area contributed by atoms with Crippen molar-refractivity contribution in [3.8, 4) is 5.88 Å². The van der Waals surface area contributed by atoms with Gasteiger partial charge in [0.25, 0.3) is 11.5 Å². The number of azo groups is 1. The van der Waals surface area contributed by atoms with Crippen LogP contribution in [0.5, 0.6) is 5.88 Å². The number of rotatable bonds is 4. The van der Waals surface area contributed by atoms with Crippen molar-refractivity contribution < 1.29 is 5.11 Å². The molecule has 0 radical (unpaired) electrons. The van der Waals surface area contributed by atoms with Crippen LogP contribution in [0.3, 0.4) is 0 Å². The predicted molar refractivity (Wildman–Crippen MR) is 90.0 cm³/mol. The number of nitrogens with zero attached hydrogens (tertiary/aromatic N) is 5. The van der Waals surface area contributed by atoms with E-state index in [2.05, 4.69) is 39.3 Å². The van der Waals surface area contributed by atoms with Gasteiger partial charge in [-0.2, -0.15) is 0 Å². The van der Waals surface area contributed by atoms with Crippen LogP contribution in [-0.2, 0) is 6.54 Å². The molecule has 24 heavy (non-hydrogen) atoms. The summed E-state index contributed by atoms with van der Waals surface area (Å²) in [5.74, 6) is 0.387. The van der Waals surface area contributed by atoms with E-state index in [1.165, 1.54) is 0 Å². The van der Waals surface area contributed by atoms with Crippen molar-refractivity contribution in [2.75, 3.05) is 0 Å². The summed E-state index contributed by atoms with van der Waals surface area (Å²) < 4.78 is 1.80. The molecule has 0 aliphatic rings. The predicted octanol–water partition coefficient (Wildman–Crippen LogP) is 3.21. The second-order valence-corrected chi connectivity index (χ2v) is 5.96. The number of aromatic nitrogens is 4. The maximum atomic E-state index is 11.5. The molecular weight excluding hydrogens is 308 g/mol. The van der Waals surface area contributed by atoms with Crippen molar-refractivity contribution >= 4 is 22.5 Å². The van der Waals surface area contributed by atoms with Crippen molar-refractivity contribution in [3.63, 3.8) is 0 Å². The SMILES string of the molecule is Cc1nnc(N=Nc2c(O)n(CC(C)C)c3ccccc23)[nH]c1=O. The van der Waals surface area contributed by atoms with Gasteiger partial charge in [-0.15, -0.1) is 20.4 Å². The highest BCUT2D eigenvalue weighted by atomic mass is 16.3. The largest absolute Gasteiger partial charge is 0.493 e. The number of benzene rings is 1. The van der Waals surface area contributed by atoms with Crippen molar-refractivity contribution in [1.82, 2.24) is 19.7 Å². The van der Waals surface area contributed by atoms with E-state index < -0.39 is 0 Å². The molecule has 0 saturated heterocycles. The van der Waals surface area contributed by atoms with Crippen molar-refractivity contribution in [2.24, 2.45) is 16.1 Å². The fourth-order valence-electron chi connectivity index (χ4n) is 2.45. The molecule has 2 N–H and O–H groups in total. The van der Waals surface area contributed by atoms with Crippen LogP contribution in [0.1, 0.15) is 19.5 Å². The molecule has 124 valence electrons. The van der Waals surface area contributed by atoms with Crippen LogP contribution in [0.2, 0.25) is 0 Å². The van der Waals surface area contributed by atoms with Crippen LogP contribution in [0, 0.1) is 12.8 Å². The van der Waals surface area contributed by atoms with E-state index in [4.69, 9.17) is 0 Å². The minimum absolute atomic E-state index is 0.00862. The molecule has 3 aromatic rings. The lowest BCUT2D eigenvalue weighted by Crippen LogP contribution is -2.12. The number of aryl methyl sites for hydroxylation is 1. The summed E-state index contributed by atoms with van der Waals surface area (Å²) in [6, 6.07) is 7.56. The number of aromatic hydroxyl groups is 1. The Morgan fingerprint density at radius 3 is 2.71 bits per heavy atom. The maximum absolute atomic E-state index is 11.5.